The van der Waals surface area contributed by atoms with Gasteiger partial charge < -0.3 is 20.2 Å². The van der Waals surface area contributed by atoms with Crippen LogP contribution >= 0.6 is 0 Å². The average Bonchev–Trinajstić information content (AvgIpc) is 3.18. The van der Waals surface area contributed by atoms with Crippen LogP contribution in [0.1, 0.15) is 23.1 Å². The van der Waals surface area contributed by atoms with Crippen molar-refractivity contribution in [1.82, 2.24) is 10.3 Å². The number of fused-ring (bicyclic) bond motifs is 1. The van der Waals surface area contributed by atoms with Crippen LogP contribution in [-0.4, -0.2) is 11.5 Å². The lowest BCUT2D eigenvalue weighted by atomic mass is 10.1. The number of nitrogens with zero attached hydrogens (tertiary/aromatic N) is 1. The molecule has 5 nitrogen and oxygen atoms in total. The maximum absolute atomic E-state index is 13.9. The van der Waals surface area contributed by atoms with E-state index in [0.29, 0.717) is 30.3 Å². The van der Waals surface area contributed by atoms with Crippen molar-refractivity contribution in [2.45, 2.75) is 19.2 Å². The summed E-state index contributed by atoms with van der Waals surface area (Å²) in [5, 5.41) is 3.34. The van der Waals surface area contributed by atoms with E-state index < -0.39 is 11.6 Å². The maximum Gasteiger partial charge on any atom is 0.213 e. The molecule has 0 spiro atoms. The van der Waals surface area contributed by atoms with E-state index >= 15 is 0 Å². The van der Waals surface area contributed by atoms with Crippen molar-refractivity contribution in [2.24, 2.45) is 5.73 Å². The highest BCUT2D eigenvalue weighted by molar-refractivity contribution is 5.72. The Hall–Kier alpha value is -3.29. The summed E-state index contributed by atoms with van der Waals surface area (Å²) in [5.41, 5.74) is 8.56. The molecule has 3 aromatic carbocycles. The van der Waals surface area contributed by atoms with Gasteiger partial charge in [-0.3, -0.25) is 0 Å². The van der Waals surface area contributed by atoms with Gasteiger partial charge >= 0.3 is 0 Å². The van der Waals surface area contributed by atoms with Gasteiger partial charge in [0.1, 0.15) is 29.5 Å². The van der Waals surface area contributed by atoms with Crippen LogP contribution in [0.2, 0.25) is 0 Å². The Morgan fingerprint density at radius 1 is 1.00 bits per heavy atom. The summed E-state index contributed by atoms with van der Waals surface area (Å²) in [6.07, 6.45) is 0. The summed E-state index contributed by atoms with van der Waals surface area (Å²) in [5.74, 6) is -0.134. The molecule has 0 aliphatic rings. The van der Waals surface area contributed by atoms with E-state index in [2.05, 4.69) is 10.3 Å². The zero-order valence-corrected chi connectivity index (χ0v) is 16.1. The third-order valence-corrected chi connectivity index (χ3v) is 4.75. The van der Waals surface area contributed by atoms with Gasteiger partial charge in [0.15, 0.2) is 5.58 Å². The van der Waals surface area contributed by atoms with E-state index in [4.69, 9.17) is 14.9 Å². The number of ether oxygens (including phenoxy) is 1. The number of benzene rings is 3. The van der Waals surface area contributed by atoms with E-state index in [0.717, 1.165) is 17.1 Å². The lowest BCUT2D eigenvalue weighted by Crippen LogP contribution is -2.28. The predicted octanol–water partition coefficient (Wildman–Crippen LogP) is 4.47. The Labute approximate surface area is 172 Å². The fourth-order valence-electron chi connectivity index (χ4n) is 3.13. The molecule has 0 bridgehead atoms. The third kappa shape index (κ3) is 4.48. The summed E-state index contributed by atoms with van der Waals surface area (Å²) in [4.78, 5) is 4.50. The molecule has 1 heterocycles. The highest BCUT2D eigenvalue weighted by atomic mass is 19.1. The second-order valence-corrected chi connectivity index (χ2v) is 6.82. The van der Waals surface area contributed by atoms with Gasteiger partial charge in [-0.15, -0.1) is 0 Å². The smallest absolute Gasteiger partial charge is 0.213 e. The number of nitrogens with two attached hydrogens (primary N) is 1. The van der Waals surface area contributed by atoms with Crippen LogP contribution < -0.4 is 15.8 Å². The summed E-state index contributed by atoms with van der Waals surface area (Å²) < 4.78 is 38.5. The largest absolute Gasteiger partial charge is 0.488 e. The summed E-state index contributed by atoms with van der Waals surface area (Å²) in [7, 11) is 0. The highest BCUT2D eigenvalue weighted by Crippen LogP contribution is 2.23. The monoisotopic (exact) mass is 409 g/mol. The molecule has 30 heavy (non-hydrogen) atoms. The molecule has 4 aromatic rings. The van der Waals surface area contributed by atoms with E-state index in [1.807, 2.05) is 42.5 Å². The first-order valence-electron chi connectivity index (χ1n) is 9.57. The van der Waals surface area contributed by atoms with E-state index in [-0.39, 0.29) is 18.2 Å². The third-order valence-electron chi connectivity index (χ3n) is 4.75. The number of para-hydroxylation sites is 3. The Kier molecular flexibility index (Phi) is 6.02. The fourth-order valence-corrected chi connectivity index (χ4v) is 3.13. The molecule has 0 aliphatic carbocycles. The van der Waals surface area contributed by atoms with E-state index in [1.54, 1.807) is 6.07 Å². The van der Waals surface area contributed by atoms with Crippen LogP contribution in [0.3, 0.4) is 0 Å². The first-order chi connectivity index (χ1) is 14.6. The highest BCUT2D eigenvalue weighted by Gasteiger charge is 2.17. The van der Waals surface area contributed by atoms with E-state index in [1.165, 1.54) is 12.1 Å². The molecule has 7 heteroatoms. The summed E-state index contributed by atoms with van der Waals surface area (Å²) in [6.45, 7) is 0.744. The topological polar surface area (TPSA) is 73.3 Å². The van der Waals surface area contributed by atoms with Crippen molar-refractivity contribution in [2.75, 3.05) is 6.54 Å². The molecule has 3 N–H and O–H groups in total. The lowest BCUT2D eigenvalue weighted by molar-refractivity contribution is 0.294. The Morgan fingerprint density at radius 2 is 1.80 bits per heavy atom. The normalized spacial score (nSPS) is 12.2. The minimum Gasteiger partial charge on any atom is -0.488 e. The molecule has 0 saturated carbocycles. The van der Waals surface area contributed by atoms with Gasteiger partial charge in [-0.2, -0.15) is 0 Å². The van der Waals surface area contributed by atoms with Crippen molar-refractivity contribution in [3.8, 4) is 5.75 Å². The number of aromatic nitrogens is 1. The molecule has 4 rings (SSSR count). The molecule has 0 fully saturated rings. The number of halogens is 2. The minimum absolute atomic E-state index is 0.00538. The molecular formula is C23H21F2N3O2. The van der Waals surface area contributed by atoms with Crippen LogP contribution in [-0.2, 0) is 13.2 Å². The van der Waals surface area contributed by atoms with Crippen molar-refractivity contribution in [3.63, 3.8) is 0 Å². The molecule has 1 atom stereocenters. The van der Waals surface area contributed by atoms with Crippen LogP contribution in [0, 0.1) is 11.6 Å². The van der Waals surface area contributed by atoms with Crippen molar-refractivity contribution in [1.29, 1.82) is 0 Å². The number of rotatable bonds is 8. The summed E-state index contributed by atoms with van der Waals surface area (Å²) in [6, 6.07) is 18.1. The van der Waals surface area contributed by atoms with Gasteiger partial charge in [-0.25, -0.2) is 13.8 Å². The molecular weight excluding hydrogens is 388 g/mol. The summed E-state index contributed by atoms with van der Waals surface area (Å²) >= 11 is 0. The van der Waals surface area contributed by atoms with Crippen LogP contribution in [0.5, 0.6) is 5.75 Å². The lowest BCUT2D eigenvalue weighted by Gasteiger charge is -2.16. The van der Waals surface area contributed by atoms with Crippen LogP contribution in [0.4, 0.5) is 8.78 Å². The molecule has 0 radical (unpaired) electrons. The zero-order chi connectivity index (χ0) is 20.9. The van der Waals surface area contributed by atoms with Crippen LogP contribution in [0.15, 0.2) is 71.1 Å². The fraction of sp³-hybridized carbons (Fsp3) is 0.174. The average molecular weight is 409 g/mol. The number of hydrogen-bond acceptors (Lipinski definition) is 5. The molecule has 1 aromatic heterocycles. The number of oxazole rings is 1. The van der Waals surface area contributed by atoms with Gasteiger partial charge in [0.05, 0.1) is 6.04 Å². The van der Waals surface area contributed by atoms with Crippen molar-refractivity contribution >= 4 is 11.1 Å². The van der Waals surface area contributed by atoms with Gasteiger partial charge in [-0.05, 0) is 30.3 Å². The molecule has 0 amide bonds. The van der Waals surface area contributed by atoms with Crippen molar-refractivity contribution in [3.05, 3.63) is 95.4 Å². The second kappa shape index (κ2) is 9.02. The predicted molar refractivity (Wildman–Crippen MR) is 110 cm³/mol. The first kappa shape index (κ1) is 20.0. The molecule has 0 aliphatic heterocycles. The van der Waals surface area contributed by atoms with Gasteiger partial charge in [0.2, 0.25) is 5.89 Å². The number of hydrogen-bond donors (Lipinski definition) is 2. The molecule has 1 unspecified atom stereocenters. The van der Waals surface area contributed by atoms with E-state index in [9.17, 15) is 8.78 Å². The Balaban J connectivity index is 1.45. The second-order valence-electron chi connectivity index (χ2n) is 6.82. The van der Waals surface area contributed by atoms with Gasteiger partial charge in [0, 0.05) is 30.3 Å². The maximum atomic E-state index is 13.9. The SMILES string of the molecule is NCC(NCc1ccccc1OCc1ccc(F)cc1F)c1nc2ccccc2o1. The Bertz CT molecular complexity index is 1110. The molecule has 0 saturated heterocycles. The Morgan fingerprint density at radius 3 is 2.60 bits per heavy atom. The van der Waals surface area contributed by atoms with Crippen LogP contribution in [0.25, 0.3) is 11.1 Å². The van der Waals surface area contributed by atoms with Gasteiger partial charge in [0.25, 0.3) is 0 Å². The molecule has 154 valence electrons. The quantitative estimate of drug-likeness (QED) is 0.449. The zero-order valence-electron chi connectivity index (χ0n) is 16.1. The minimum atomic E-state index is -0.634. The number of nitrogens with one attached hydrogen (secondary N) is 1. The standard InChI is InChI=1S/C23H21F2N3O2/c24-17-10-9-16(18(25)11-17)14-29-21-7-3-1-5-15(21)13-27-20(12-26)23-28-19-6-2-4-8-22(19)30-23/h1-11,20,27H,12-14,26H2. The van der Waals surface area contributed by atoms with Gasteiger partial charge in [-0.1, -0.05) is 30.3 Å². The van der Waals surface area contributed by atoms with Crippen molar-refractivity contribution < 1.29 is 17.9 Å². The first-order valence-corrected chi connectivity index (χ1v) is 9.57.